The summed E-state index contributed by atoms with van der Waals surface area (Å²) in [6.45, 7) is 8.36. The van der Waals surface area contributed by atoms with Crippen molar-refractivity contribution >= 4 is 16.9 Å². The Hall–Kier alpha value is -0.220. The Morgan fingerprint density at radius 1 is 1.44 bits per heavy atom. The van der Waals surface area contributed by atoms with Gasteiger partial charge in [-0.05, 0) is 33.1 Å². The summed E-state index contributed by atoms with van der Waals surface area (Å²) in [5.74, 6) is 1.17. The van der Waals surface area contributed by atoms with Gasteiger partial charge in [-0.15, -0.1) is 0 Å². The van der Waals surface area contributed by atoms with E-state index in [1.54, 1.807) is 0 Å². The van der Waals surface area contributed by atoms with Crippen LogP contribution in [0.4, 0.5) is 0 Å². The first-order valence-corrected chi connectivity index (χ1v) is 7.12. The van der Waals surface area contributed by atoms with Crippen LogP contribution in [0, 0.1) is 0 Å². The average molecular weight is 242 g/mol. The molecule has 1 fully saturated rings. The molecule has 0 aromatic rings. The summed E-state index contributed by atoms with van der Waals surface area (Å²) < 4.78 is 5.45. The van der Waals surface area contributed by atoms with Gasteiger partial charge in [0, 0.05) is 12.4 Å². The number of rotatable bonds is 2. The summed E-state index contributed by atoms with van der Waals surface area (Å²) in [6, 6.07) is 0. The number of thioether (sulfide) groups is 1. The van der Waals surface area contributed by atoms with E-state index in [0.717, 1.165) is 31.2 Å². The van der Waals surface area contributed by atoms with E-state index in [1.807, 2.05) is 11.8 Å². The number of aliphatic imine (C=N–C) groups is 1. The van der Waals surface area contributed by atoms with E-state index in [-0.39, 0.29) is 11.1 Å². The van der Waals surface area contributed by atoms with Crippen LogP contribution >= 0.6 is 11.8 Å². The monoisotopic (exact) mass is 242 g/mol. The fourth-order valence-corrected chi connectivity index (χ4v) is 3.38. The number of hydrogen-bond acceptors (Lipinski definition) is 4. The highest BCUT2D eigenvalue weighted by atomic mass is 32.2. The van der Waals surface area contributed by atoms with Crippen molar-refractivity contribution < 1.29 is 4.74 Å². The average Bonchev–Trinajstić information content (AvgIpc) is 2.65. The van der Waals surface area contributed by atoms with Gasteiger partial charge in [0.15, 0.2) is 5.17 Å². The highest BCUT2D eigenvalue weighted by Crippen LogP contribution is 2.30. The van der Waals surface area contributed by atoms with Crippen LogP contribution in [0.25, 0.3) is 0 Å². The van der Waals surface area contributed by atoms with Gasteiger partial charge >= 0.3 is 0 Å². The zero-order chi connectivity index (χ0) is 11.6. The summed E-state index contributed by atoms with van der Waals surface area (Å²) in [5, 5.41) is 4.69. The third-order valence-corrected chi connectivity index (χ3v) is 4.52. The van der Waals surface area contributed by atoms with Crippen LogP contribution in [0.15, 0.2) is 4.99 Å². The maximum atomic E-state index is 5.45. The van der Waals surface area contributed by atoms with Crippen molar-refractivity contribution in [3.8, 4) is 0 Å². The summed E-state index contributed by atoms with van der Waals surface area (Å²) >= 11 is 1.85. The van der Waals surface area contributed by atoms with Crippen LogP contribution in [0.2, 0.25) is 0 Å². The van der Waals surface area contributed by atoms with Crippen molar-refractivity contribution in [2.45, 2.75) is 51.1 Å². The van der Waals surface area contributed by atoms with E-state index in [4.69, 9.17) is 9.73 Å². The molecule has 0 aliphatic carbocycles. The van der Waals surface area contributed by atoms with E-state index < -0.39 is 0 Å². The van der Waals surface area contributed by atoms with Gasteiger partial charge in [0.05, 0.1) is 17.7 Å². The zero-order valence-corrected chi connectivity index (χ0v) is 11.3. The first-order valence-electron chi connectivity index (χ1n) is 6.14. The van der Waals surface area contributed by atoms with Crippen LogP contribution < -0.4 is 5.32 Å². The second kappa shape index (κ2) is 4.57. The molecular weight excluding hydrogens is 220 g/mol. The molecule has 0 saturated carbocycles. The second-order valence-electron chi connectivity index (χ2n) is 5.35. The number of hydrogen-bond donors (Lipinski definition) is 1. The number of amidine groups is 1. The van der Waals surface area contributed by atoms with E-state index in [0.29, 0.717) is 0 Å². The third kappa shape index (κ3) is 2.72. The van der Waals surface area contributed by atoms with Gasteiger partial charge in [-0.1, -0.05) is 18.7 Å². The van der Waals surface area contributed by atoms with Crippen molar-refractivity contribution in [3.05, 3.63) is 0 Å². The molecule has 1 saturated heterocycles. The molecule has 4 heteroatoms. The fraction of sp³-hybridized carbons (Fsp3) is 0.917. The van der Waals surface area contributed by atoms with Crippen molar-refractivity contribution in [2.75, 3.05) is 19.0 Å². The number of ether oxygens (including phenoxy) is 1. The minimum Gasteiger partial charge on any atom is -0.379 e. The molecule has 2 unspecified atom stereocenters. The minimum absolute atomic E-state index is 0.0951. The van der Waals surface area contributed by atoms with Crippen molar-refractivity contribution in [3.63, 3.8) is 0 Å². The van der Waals surface area contributed by atoms with Gasteiger partial charge in [-0.2, -0.15) is 0 Å². The molecule has 2 aliphatic heterocycles. The molecule has 16 heavy (non-hydrogen) atoms. The summed E-state index contributed by atoms with van der Waals surface area (Å²) in [5.41, 5.74) is 0.237. The molecule has 0 radical (unpaired) electrons. The summed E-state index contributed by atoms with van der Waals surface area (Å²) in [7, 11) is 0. The van der Waals surface area contributed by atoms with Gasteiger partial charge < -0.3 is 10.1 Å². The van der Waals surface area contributed by atoms with Gasteiger partial charge in [-0.3, -0.25) is 4.99 Å². The SMILES string of the molecule is CCC1(C)CCSC(NC2(C)CCOC2)=N1. The van der Waals surface area contributed by atoms with E-state index in [1.165, 1.54) is 12.2 Å². The number of nitrogens with one attached hydrogen (secondary N) is 1. The molecule has 2 atom stereocenters. The molecule has 1 N–H and O–H groups in total. The Bertz CT molecular complexity index is 287. The van der Waals surface area contributed by atoms with Gasteiger partial charge in [-0.25, -0.2) is 0 Å². The van der Waals surface area contributed by atoms with Gasteiger partial charge in [0.2, 0.25) is 0 Å². The van der Waals surface area contributed by atoms with Crippen molar-refractivity contribution in [1.29, 1.82) is 0 Å². The lowest BCUT2D eigenvalue weighted by atomic mass is 9.96. The Labute approximate surface area is 102 Å². The molecule has 2 rings (SSSR count). The molecule has 0 amide bonds. The first kappa shape index (κ1) is 12.2. The lowest BCUT2D eigenvalue weighted by Crippen LogP contribution is -2.47. The first-order chi connectivity index (χ1) is 7.55. The van der Waals surface area contributed by atoms with Crippen LogP contribution in [-0.4, -0.2) is 35.2 Å². The summed E-state index contributed by atoms with van der Waals surface area (Å²) in [4.78, 5) is 4.85. The van der Waals surface area contributed by atoms with Gasteiger partial charge in [0.1, 0.15) is 0 Å². The summed E-state index contributed by atoms with van der Waals surface area (Å²) in [6.07, 6.45) is 3.38. The number of nitrogens with zero attached hydrogens (tertiary/aromatic N) is 1. The Kier molecular flexibility index (Phi) is 3.50. The van der Waals surface area contributed by atoms with Crippen LogP contribution in [0.5, 0.6) is 0 Å². The second-order valence-corrected chi connectivity index (χ2v) is 6.44. The smallest absolute Gasteiger partial charge is 0.157 e. The molecule has 0 spiro atoms. The molecular formula is C12H22N2OS. The van der Waals surface area contributed by atoms with Gasteiger partial charge in [0.25, 0.3) is 0 Å². The lowest BCUT2D eigenvalue weighted by Gasteiger charge is -2.33. The highest BCUT2D eigenvalue weighted by molar-refractivity contribution is 8.13. The molecule has 92 valence electrons. The standard InChI is InChI=1S/C12H22N2OS/c1-4-11(2)6-8-16-10(13-11)14-12(3)5-7-15-9-12/h4-9H2,1-3H3,(H,13,14). The molecule has 0 aromatic heterocycles. The Morgan fingerprint density at radius 3 is 2.88 bits per heavy atom. The van der Waals surface area contributed by atoms with Crippen LogP contribution in [0.3, 0.4) is 0 Å². The maximum Gasteiger partial charge on any atom is 0.157 e. The molecule has 0 aromatic carbocycles. The highest BCUT2D eigenvalue weighted by Gasteiger charge is 2.33. The van der Waals surface area contributed by atoms with Crippen LogP contribution in [-0.2, 0) is 4.74 Å². The Morgan fingerprint density at radius 2 is 2.25 bits per heavy atom. The predicted octanol–water partition coefficient (Wildman–Crippen LogP) is 2.42. The van der Waals surface area contributed by atoms with E-state index >= 15 is 0 Å². The van der Waals surface area contributed by atoms with E-state index in [2.05, 4.69) is 26.1 Å². The quantitative estimate of drug-likeness (QED) is 0.807. The largest absolute Gasteiger partial charge is 0.379 e. The minimum atomic E-state index is 0.0951. The van der Waals surface area contributed by atoms with Crippen molar-refractivity contribution in [2.24, 2.45) is 4.99 Å². The van der Waals surface area contributed by atoms with Crippen LogP contribution in [0.1, 0.15) is 40.0 Å². The van der Waals surface area contributed by atoms with Crippen molar-refractivity contribution in [1.82, 2.24) is 5.32 Å². The predicted molar refractivity (Wildman–Crippen MR) is 70.2 cm³/mol. The molecule has 2 heterocycles. The maximum absolute atomic E-state index is 5.45. The fourth-order valence-electron chi connectivity index (χ4n) is 2.04. The third-order valence-electron chi connectivity index (χ3n) is 3.64. The molecule has 2 aliphatic rings. The Balaban J connectivity index is 2.04. The molecule has 3 nitrogen and oxygen atoms in total. The normalized spacial score (nSPS) is 39.6. The topological polar surface area (TPSA) is 33.6 Å². The zero-order valence-electron chi connectivity index (χ0n) is 10.5. The lowest BCUT2D eigenvalue weighted by molar-refractivity contribution is 0.177. The van der Waals surface area contributed by atoms with E-state index in [9.17, 15) is 0 Å². The molecule has 0 bridgehead atoms.